The number of furan rings is 1. The van der Waals surface area contributed by atoms with Gasteiger partial charge in [-0.05, 0) is 44.7 Å². The maximum absolute atomic E-state index is 12.0. The van der Waals surface area contributed by atoms with E-state index in [1.54, 1.807) is 19.1 Å². The van der Waals surface area contributed by atoms with Crippen LogP contribution in [-0.2, 0) is 31.3 Å². The van der Waals surface area contributed by atoms with Gasteiger partial charge in [0, 0.05) is 12.5 Å². The lowest BCUT2D eigenvalue weighted by Crippen LogP contribution is -2.34. The van der Waals surface area contributed by atoms with Gasteiger partial charge in [0.25, 0.3) is 0 Å². The molecule has 1 aliphatic carbocycles. The van der Waals surface area contributed by atoms with E-state index in [-0.39, 0.29) is 12.6 Å². The molecule has 120 valence electrons. The van der Waals surface area contributed by atoms with Crippen LogP contribution in [0.5, 0.6) is 0 Å². The van der Waals surface area contributed by atoms with E-state index in [0.717, 1.165) is 32.1 Å². The minimum absolute atomic E-state index is 0.0832. The number of hydrogen-bond donors (Lipinski definition) is 0. The van der Waals surface area contributed by atoms with Gasteiger partial charge >= 0.3 is 11.9 Å². The third-order valence-corrected chi connectivity index (χ3v) is 3.83. The van der Waals surface area contributed by atoms with Crippen LogP contribution in [-0.4, -0.2) is 11.9 Å². The lowest BCUT2D eigenvalue weighted by atomic mass is 9.82. The van der Waals surface area contributed by atoms with Crippen LogP contribution in [0, 0.1) is 0 Å². The predicted octanol–water partition coefficient (Wildman–Crippen LogP) is 3.62. The zero-order chi connectivity index (χ0) is 16.2. The standard InChI is InChI=1S/C17H22O5/c1-12(2)16(19)22-17(9-5-4-6-10-17)15-8-7-14(21-15)11-20-13(3)18/h7-8H,1,4-6,9-11H2,2-3H3. The summed E-state index contributed by atoms with van der Waals surface area (Å²) in [5.41, 5.74) is -0.361. The molecule has 1 aliphatic rings. The third kappa shape index (κ3) is 3.78. The van der Waals surface area contributed by atoms with Crippen molar-refractivity contribution in [3.8, 4) is 0 Å². The quantitative estimate of drug-likeness (QED) is 0.614. The van der Waals surface area contributed by atoms with E-state index < -0.39 is 11.6 Å². The zero-order valence-corrected chi connectivity index (χ0v) is 13.1. The lowest BCUT2D eigenvalue weighted by Gasteiger charge is -2.35. The first-order chi connectivity index (χ1) is 10.4. The Morgan fingerprint density at radius 2 is 1.91 bits per heavy atom. The van der Waals surface area contributed by atoms with Gasteiger partial charge in [-0.1, -0.05) is 13.0 Å². The molecule has 0 spiro atoms. The molecule has 1 fully saturated rings. The molecule has 5 heteroatoms. The Kier molecular flexibility index (Phi) is 5.06. The first-order valence-corrected chi connectivity index (χ1v) is 7.54. The molecular weight excluding hydrogens is 284 g/mol. The number of ether oxygens (including phenoxy) is 2. The molecule has 1 heterocycles. The van der Waals surface area contributed by atoms with Crippen LogP contribution in [0.25, 0.3) is 0 Å². The highest BCUT2D eigenvalue weighted by molar-refractivity contribution is 5.87. The maximum atomic E-state index is 12.0. The van der Waals surface area contributed by atoms with Crippen molar-refractivity contribution in [3.05, 3.63) is 35.8 Å². The van der Waals surface area contributed by atoms with Crippen LogP contribution in [0.3, 0.4) is 0 Å². The van der Waals surface area contributed by atoms with Gasteiger partial charge in [-0.3, -0.25) is 4.79 Å². The van der Waals surface area contributed by atoms with Crippen molar-refractivity contribution in [3.63, 3.8) is 0 Å². The third-order valence-electron chi connectivity index (χ3n) is 3.83. The molecule has 22 heavy (non-hydrogen) atoms. The summed E-state index contributed by atoms with van der Waals surface area (Å²) >= 11 is 0. The molecule has 1 saturated carbocycles. The normalized spacial score (nSPS) is 16.8. The second kappa shape index (κ2) is 6.81. The van der Waals surface area contributed by atoms with E-state index >= 15 is 0 Å². The zero-order valence-electron chi connectivity index (χ0n) is 13.1. The molecule has 0 N–H and O–H groups in total. The van der Waals surface area contributed by atoms with Crippen LogP contribution >= 0.6 is 0 Å². The minimum atomic E-state index is -0.733. The van der Waals surface area contributed by atoms with Gasteiger partial charge in [-0.25, -0.2) is 4.79 Å². The Hall–Kier alpha value is -2.04. The summed E-state index contributed by atoms with van der Waals surface area (Å²) in [5.74, 6) is 0.393. The van der Waals surface area contributed by atoms with Gasteiger partial charge in [0.1, 0.15) is 18.1 Å². The van der Waals surface area contributed by atoms with Gasteiger partial charge in [0.2, 0.25) is 0 Å². The van der Waals surface area contributed by atoms with E-state index in [2.05, 4.69) is 6.58 Å². The van der Waals surface area contributed by atoms with Crippen LogP contribution in [0.15, 0.2) is 28.7 Å². The fourth-order valence-electron chi connectivity index (χ4n) is 2.66. The summed E-state index contributed by atoms with van der Waals surface area (Å²) < 4.78 is 16.4. The average molecular weight is 306 g/mol. The maximum Gasteiger partial charge on any atom is 0.334 e. The Morgan fingerprint density at radius 1 is 1.23 bits per heavy atom. The van der Waals surface area contributed by atoms with E-state index in [1.807, 2.05) is 0 Å². The second-order valence-corrected chi connectivity index (χ2v) is 5.77. The molecule has 1 aromatic rings. The molecule has 1 aromatic heterocycles. The highest BCUT2D eigenvalue weighted by Crippen LogP contribution is 2.41. The van der Waals surface area contributed by atoms with E-state index in [4.69, 9.17) is 13.9 Å². The topological polar surface area (TPSA) is 65.7 Å². The van der Waals surface area contributed by atoms with Crippen molar-refractivity contribution in [1.29, 1.82) is 0 Å². The van der Waals surface area contributed by atoms with Crippen LogP contribution in [0.4, 0.5) is 0 Å². The lowest BCUT2D eigenvalue weighted by molar-refractivity contribution is -0.162. The van der Waals surface area contributed by atoms with E-state index in [1.165, 1.54) is 6.92 Å². The summed E-state index contributed by atoms with van der Waals surface area (Å²) in [6.07, 6.45) is 4.53. The Labute approximate surface area is 130 Å². The molecule has 0 aliphatic heterocycles. The van der Waals surface area contributed by atoms with Crippen molar-refractivity contribution >= 4 is 11.9 Å². The number of rotatable bonds is 5. The van der Waals surface area contributed by atoms with Crippen LogP contribution in [0.2, 0.25) is 0 Å². The average Bonchev–Trinajstić information content (AvgIpc) is 2.95. The fraction of sp³-hybridized carbons (Fsp3) is 0.529. The second-order valence-electron chi connectivity index (χ2n) is 5.77. The number of hydrogen-bond acceptors (Lipinski definition) is 5. The Balaban J connectivity index is 2.20. The molecule has 0 aromatic carbocycles. The van der Waals surface area contributed by atoms with E-state index in [9.17, 15) is 9.59 Å². The molecule has 0 radical (unpaired) electrons. The van der Waals surface area contributed by atoms with Gasteiger partial charge in [-0.15, -0.1) is 0 Å². The van der Waals surface area contributed by atoms with Crippen LogP contribution in [0.1, 0.15) is 57.5 Å². The monoisotopic (exact) mass is 306 g/mol. The van der Waals surface area contributed by atoms with Crippen molar-refractivity contribution in [2.45, 2.75) is 58.2 Å². The molecule has 0 atom stereocenters. The first kappa shape index (κ1) is 16.3. The van der Waals surface area contributed by atoms with Crippen molar-refractivity contribution in [1.82, 2.24) is 0 Å². The largest absolute Gasteiger partial charge is 0.458 e. The number of carbonyl (C=O) groups excluding carboxylic acids is 2. The van der Waals surface area contributed by atoms with Gasteiger partial charge in [0.05, 0.1) is 0 Å². The SMILES string of the molecule is C=C(C)C(=O)OC1(c2ccc(COC(C)=O)o2)CCCCC1. The Bertz CT molecular complexity index is 563. The van der Waals surface area contributed by atoms with Gasteiger partial charge in [-0.2, -0.15) is 0 Å². The van der Waals surface area contributed by atoms with Crippen molar-refractivity contribution in [2.75, 3.05) is 0 Å². The fourth-order valence-corrected chi connectivity index (χ4v) is 2.66. The molecule has 0 amide bonds. The predicted molar refractivity (Wildman–Crippen MR) is 79.8 cm³/mol. The summed E-state index contributed by atoms with van der Waals surface area (Å²) in [5, 5.41) is 0. The highest BCUT2D eigenvalue weighted by atomic mass is 16.6. The molecule has 0 bridgehead atoms. The van der Waals surface area contributed by atoms with Gasteiger partial charge in [0.15, 0.2) is 5.60 Å². The summed E-state index contributed by atoms with van der Waals surface area (Å²) in [7, 11) is 0. The smallest absolute Gasteiger partial charge is 0.334 e. The molecule has 0 unspecified atom stereocenters. The first-order valence-electron chi connectivity index (χ1n) is 7.54. The molecule has 2 rings (SSSR count). The van der Waals surface area contributed by atoms with Crippen molar-refractivity contribution in [2.24, 2.45) is 0 Å². The van der Waals surface area contributed by atoms with Gasteiger partial charge < -0.3 is 13.9 Å². The van der Waals surface area contributed by atoms with E-state index in [0.29, 0.717) is 17.1 Å². The molecular formula is C17H22O5. The Morgan fingerprint density at radius 3 is 2.50 bits per heavy atom. The van der Waals surface area contributed by atoms with Crippen LogP contribution < -0.4 is 0 Å². The highest BCUT2D eigenvalue weighted by Gasteiger charge is 2.40. The minimum Gasteiger partial charge on any atom is -0.458 e. The molecule has 0 saturated heterocycles. The summed E-state index contributed by atoms with van der Waals surface area (Å²) in [6.45, 7) is 6.70. The molecule has 5 nitrogen and oxygen atoms in total. The summed E-state index contributed by atoms with van der Waals surface area (Å²) in [6, 6.07) is 3.55. The number of carbonyl (C=O) groups is 2. The summed E-state index contributed by atoms with van der Waals surface area (Å²) in [4.78, 5) is 22.8. The van der Waals surface area contributed by atoms with Crippen molar-refractivity contribution < 1.29 is 23.5 Å². The number of esters is 2.